The van der Waals surface area contributed by atoms with Gasteiger partial charge in [0.2, 0.25) is 0 Å². The van der Waals surface area contributed by atoms with E-state index in [-0.39, 0.29) is 12.5 Å². The summed E-state index contributed by atoms with van der Waals surface area (Å²) in [6, 6.07) is 11.3. The topological polar surface area (TPSA) is 62.5 Å². The predicted octanol–water partition coefficient (Wildman–Crippen LogP) is 3.07. The summed E-state index contributed by atoms with van der Waals surface area (Å²) in [7, 11) is 0. The number of carbonyl (C=O) groups excluding carboxylic acids is 1. The third-order valence-corrected chi connectivity index (χ3v) is 4.52. The number of thioether (sulfide) groups is 1. The average molecular weight is 319 g/mol. The van der Waals surface area contributed by atoms with Crippen molar-refractivity contribution in [1.82, 2.24) is 5.32 Å². The van der Waals surface area contributed by atoms with Crippen molar-refractivity contribution in [3.05, 3.63) is 59.5 Å². The second-order valence-electron chi connectivity index (χ2n) is 5.27. The summed E-state index contributed by atoms with van der Waals surface area (Å²) in [5, 5.41) is 11.9. The lowest BCUT2D eigenvalue weighted by molar-refractivity contribution is 0.0948. The summed E-state index contributed by atoms with van der Waals surface area (Å²) in [4.78, 5) is 12.1. The summed E-state index contributed by atoms with van der Waals surface area (Å²) >= 11 is 1.76. The van der Waals surface area contributed by atoms with Gasteiger partial charge in [0, 0.05) is 17.9 Å². The number of nitrogens with one attached hydrogen (secondary N) is 1. The van der Waals surface area contributed by atoms with Gasteiger partial charge < -0.3 is 14.8 Å². The van der Waals surface area contributed by atoms with E-state index < -0.39 is 0 Å². The van der Waals surface area contributed by atoms with Crippen LogP contribution in [0.5, 0.6) is 0 Å². The van der Waals surface area contributed by atoms with Gasteiger partial charge in [-0.1, -0.05) is 19.1 Å². The van der Waals surface area contributed by atoms with Crippen LogP contribution in [-0.2, 0) is 12.3 Å². The van der Waals surface area contributed by atoms with Gasteiger partial charge >= 0.3 is 0 Å². The van der Waals surface area contributed by atoms with Crippen LogP contribution >= 0.6 is 11.8 Å². The Balaban J connectivity index is 1.85. The Morgan fingerprint density at radius 3 is 2.95 bits per heavy atom. The zero-order valence-electron chi connectivity index (χ0n) is 12.6. The van der Waals surface area contributed by atoms with Gasteiger partial charge in [-0.15, -0.1) is 0 Å². The Kier molecular flexibility index (Phi) is 6.55. The maximum absolute atomic E-state index is 12.1. The fourth-order valence-corrected chi connectivity index (χ4v) is 2.96. The molecule has 1 atom stereocenters. The first-order valence-corrected chi connectivity index (χ1v) is 8.42. The van der Waals surface area contributed by atoms with Crippen molar-refractivity contribution in [3.63, 3.8) is 0 Å². The molecule has 2 aromatic rings. The fourth-order valence-electron chi connectivity index (χ4n) is 1.92. The molecule has 0 fully saturated rings. The fraction of sp³-hybridized carbons (Fsp3) is 0.353. The van der Waals surface area contributed by atoms with E-state index in [0.29, 0.717) is 18.0 Å². The maximum atomic E-state index is 12.1. The first-order valence-electron chi connectivity index (χ1n) is 7.27. The van der Waals surface area contributed by atoms with E-state index in [1.807, 2.05) is 37.3 Å². The molecule has 0 saturated carbocycles. The van der Waals surface area contributed by atoms with Gasteiger partial charge in [-0.2, -0.15) is 11.8 Å². The Bertz CT molecular complexity index is 583. The monoisotopic (exact) mass is 319 g/mol. The molecular formula is C17H21NO3S. The van der Waals surface area contributed by atoms with E-state index in [4.69, 9.17) is 9.52 Å². The molecule has 0 bridgehead atoms. The highest BCUT2D eigenvalue weighted by atomic mass is 32.2. The van der Waals surface area contributed by atoms with Crippen LogP contribution in [0.15, 0.2) is 47.1 Å². The van der Waals surface area contributed by atoms with E-state index in [1.165, 1.54) is 0 Å². The summed E-state index contributed by atoms with van der Waals surface area (Å²) in [5.41, 5.74) is 1.76. The largest absolute Gasteiger partial charge is 0.467 e. The third-order valence-electron chi connectivity index (χ3n) is 3.18. The van der Waals surface area contributed by atoms with Crippen LogP contribution in [0.4, 0.5) is 0 Å². The van der Waals surface area contributed by atoms with Gasteiger partial charge in [-0.3, -0.25) is 4.79 Å². The minimum Gasteiger partial charge on any atom is -0.467 e. The van der Waals surface area contributed by atoms with Crippen LogP contribution < -0.4 is 5.32 Å². The van der Waals surface area contributed by atoms with Gasteiger partial charge in [0.15, 0.2) is 0 Å². The molecule has 0 aliphatic heterocycles. The van der Waals surface area contributed by atoms with Crippen LogP contribution in [0, 0.1) is 5.92 Å². The number of rotatable bonds is 8. The molecule has 1 aromatic heterocycles. The van der Waals surface area contributed by atoms with E-state index in [2.05, 4.69) is 5.32 Å². The molecule has 0 spiro atoms. The van der Waals surface area contributed by atoms with Crippen LogP contribution in [-0.4, -0.2) is 23.4 Å². The molecule has 1 aromatic carbocycles. The Hall–Kier alpha value is -1.72. The van der Waals surface area contributed by atoms with Crippen molar-refractivity contribution in [1.29, 1.82) is 0 Å². The normalized spacial score (nSPS) is 12.1. The number of aliphatic hydroxyl groups excluding tert-OH is 1. The van der Waals surface area contributed by atoms with E-state index in [9.17, 15) is 4.79 Å². The number of amides is 1. The molecule has 22 heavy (non-hydrogen) atoms. The zero-order valence-corrected chi connectivity index (χ0v) is 13.4. The van der Waals surface area contributed by atoms with Crippen LogP contribution in [0.1, 0.15) is 28.6 Å². The van der Waals surface area contributed by atoms with Gasteiger partial charge in [0.05, 0.1) is 12.8 Å². The molecule has 1 heterocycles. The third kappa shape index (κ3) is 5.24. The molecule has 0 aliphatic carbocycles. The first kappa shape index (κ1) is 16.6. The van der Waals surface area contributed by atoms with E-state index in [0.717, 1.165) is 22.8 Å². The minimum atomic E-state index is -0.105. The Morgan fingerprint density at radius 1 is 1.36 bits per heavy atom. The first-order chi connectivity index (χ1) is 10.7. The highest BCUT2D eigenvalue weighted by Crippen LogP contribution is 2.16. The summed E-state index contributed by atoms with van der Waals surface area (Å²) < 4.78 is 5.19. The molecule has 118 valence electrons. The minimum absolute atomic E-state index is 0.105. The average Bonchev–Trinajstić information content (AvgIpc) is 3.06. The number of benzene rings is 1. The molecule has 0 radical (unpaired) electrons. The van der Waals surface area contributed by atoms with Gasteiger partial charge in [0.25, 0.3) is 5.91 Å². The SMILES string of the molecule is CC(CO)CSCc1cccc(C(=O)NCc2ccco2)c1. The second-order valence-corrected chi connectivity index (χ2v) is 6.30. The van der Waals surface area contributed by atoms with Gasteiger partial charge in [-0.25, -0.2) is 0 Å². The number of carbonyl (C=O) groups is 1. The van der Waals surface area contributed by atoms with Gasteiger partial charge in [0.1, 0.15) is 5.76 Å². The molecule has 2 N–H and O–H groups in total. The van der Waals surface area contributed by atoms with E-state index >= 15 is 0 Å². The molecule has 1 unspecified atom stereocenters. The number of furan rings is 1. The Labute approximate surface area is 134 Å². The standard InChI is InChI=1S/C17H21NO3S/c1-13(10-19)11-22-12-14-4-2-5-15(8-14)17(20)18-9-16-6-3-7-21-16/h2-8,13,19H,9-12H2,1H3,(H,18,20). The predicted molar refractivity (Wildman–Crippen MR) is 88.7 cm³/mol. The van der Waals surface area contributed by atoms with Crippen LogP contribution in [0.25, 0.3) is 0 Å². The lowest BCUT2D eigenvalue weighted by atomic mass is 10.1. The van der Waals surface area contributed by atoms with Crippen molar-refractivity contribution in [2.45, 2.75) is 19.2 Å². The Morgan fingerprint density at radius 2 is 2.23 bits per heavy atom. The van der Waals surface area contributed by atoms with Crippen LogP contribution in [0.2, 0.25) is 0 Å². The molecule has 5 heteroatoms. The smallest absolute Gasteiger partial charge is 0.251 e. The number of aliphatic hydroxyl groups is 1. The number of hydrogen-bond donors (Lipinski definition) is 2. The summed E-state index contributed by atoms with van der Waals surface area (Å²) in [5.74, 6) is 2.67. The van der Waals surface area contributed by atoms with Gasteiger partial charge in [-0.05, 0) is 41.5 Å². The summed E-state index contributed by atoms with van der Waals surface area (Å²) in [6.45, 7) is 2.62. The van der Waals surface area contributed by atoms with E-state index in [1.54, 1.807) is 24.1 Å². The molecule has 0 saturated heterocycles. The lowest BCUT2D eigenvalue weighted by Gasteiger charge is -2.08. The van der Waals surface area contributed by atoms with Crippen molar-refractivity contribution < 1.29 is 14.3 Å². The molecule has 2 rings (SSSR count). The molecule has 0 aliphatic rings. The van der Waals surface area contributed by atoms with Crippen molar-refractivity contribution in [3.8, 4) is 0 Å². The lowest BCUT2D eigenvalue weighted by Crippen LogP contribution is -2.22. The highest BCUT2D eigenvalue weighted by molar-refractivity contribution is 7.98. The number of hydrogen-bond acceptors (Lipinski definition) is 4. The van der Waals surface area contributed by atoms with Crippen molar-refractivity contribution in [2.75, 3.05) is 12.4 Å². The quantitative estimate of drug-likeness (QED) is 0.785. The van der Waals surface area contributed by atoms with Crippen LogP contribution in [0.3, 0.4) is 0 Å². The highest BCUT2D eigenvalue weighted by Gasteiger charge is 2.07. The zero-order chi connectivity index (χ0) is 15.8. The second kappa shape index (κ2) is 8.66. The summed E-state index contributed by atoms with van der Waals surface area (Å²) in [6.07, 6.45) is 1.59. The molecular weight excluding hydrogens is 298 g/mol. The maximum Gasteiger partial charge on any atom is 0.251 e. The molecule has 4 nitrogen and oxygen atoms in total. The molecule has 1 amide bonds. The van der Waals surface area contributed by atoms with Crippen molar-refractivity contribution in [2.24, 2.45) is 5.92 Å². The van der Waals surface area contributed by atoms with Crippen molar-refractivity contribution >= 4 is 17.7 Å².